The van der Waals surface area contributed by atoms with Crippen molar-refractivity contribution in [2.24, 2.45) is 0 Å². The molecular weight excluding hydrogens is 310 g/mol. The number of methoxy groups -OCH3 is 1. The van der Waals surface area contributed by atoms with Crippen molar-refractivity contribution in [3.8, 4) is 0 Å². The Labute approximate surface area is 134 Å². The number of aliphatic carboxylic acids is 1. The molecule has 0 heterocycles. The Bertz CT molecular complexity index is 553. The zero-order valence-corrected chi connectivity index (χ0v) is 13.7. The molecular formula is C15H20ClNO5. The van der Waals surface area contributed by atoms with Crippen LogP contribution < -0.4 is 5.32 Å². The van der Waals surface area contributed by atoms with Crippen molar-refractivity contribution < 1.29 is 24.2 Å². The van der Waals surface area contributed by atoms with E-state index in [0.29, 0.717) is 16.3 Å². The summed E-state index contributed by atoms with van der Waals surface area (Å²) in [5.74, 6) is -1.08. The highest BCUT2D eigenvalue weighted by Gasteiger charge is 2.20. The molecule has 0 aromatic heterocycles. The van der Waals surface area contributed by atoms with Crippen molar-refractivity contribution in [1.82, 2.24) is 0 Å². The third-order valence-corrected chi connectivity index (χ3v) is 3.02. The van der Waals surface area contributed by atoms with Crippen molar-refractivity contribution in [2.75, 3.05) is 12.4 Å². The van der Waals surface area contributed by atoms with E-state index in [1.165, 1.54) is 7.11 Å². The molecule has 1 aromatic rings. The molecule has 1 amide bonds. The van der Waals surface area contributed by atoms with Crippen LogP contribution in [-0.2, 0) is 20.7 Å². The van der Waals surface area contributed by atoms with E-state index in [1.807, 2.05) is 0 Å². The molecule has 122 valence electrons. The van der Waals surface area contributed by atoms with E-state index < -0.39 is 23.8 Å². The molecule has 0 radical (unpaired) electrons. The minimum atomic E-state index is -1.08. The van der Waals surface area contributed by atoms with Crippen LogP contribution in [0.4, 0.5) is 10.5 Å². The number of carboxylic acid groups (broad SMARTS) is 1. The number of anilines is 1. The first kappa shape index (κ1) is 18.3. The standard InChI is InChI=1S/C15H20ClNO5/c1-15(2,3)22-14(20)17-10-5-6-11(16)9(7-10)8-12(21-4)13(18)19/h5-7,12H,8H2,1-4H3,(H,17,20)(H,18,19). The van der Waals surface area contributed by atoms with Gasteiger partial charge in [0.2, 0.25) is 0 Å². The second kappa shape index (κ2) is 7.47. The fraction of sp³-hybridized carbons (Fsp3) is 0.467. The first-order valence-electron chi connectivity index (χ1n) is 6.66. The van der Waals surface area contributed by atoms with Crippen LogP contribution in [0, 0.1) is 0 Å². The van der Waals surface area contributed by atoms with Gasteiger partial charge in [-0.25, -0.2) is 9.59 Å². The molecule has 0 fully saturated rings. The lowest BCUT2D eigenvalue weighted by Crippen LogP contribution is -2.27. The Morgan fingerprint density at radius 3 is 2.50 bits per heavy atom. The van der Waals surface area contributed by atoms with Crippen LogP contribution in [0.2, 0.25) is 5.02 Å². The molecule has 1 aromatic carbocycles. The van der Waals surface area contributed by atoms with Crippen LogP contribution in [0.5, 0.6) is 0 Å². The van der Waals surface area contributed by atoms with E-state index in [9.17, 15) is 9.59 Å². The van der Waals surface area contributed by atoms with Crippen LogP contribution >= 0.6 is 11.6 Å². The predicted molar refractivity (Wildman–Crippen MR) is 83.4 cm³/mol. The van der Waals surface area contributed by atoms with Crippen molar-refractivity contribution in [1.29, 1.82) is 0 Å². The summed E-state index contributed by atoms with van der Waals surface area (Å²) in [6.07, 6.45) is -1.51. The molecule has 1 rings (SSSR count). The quantitative estimate of drug-likeness (QED) is 0.865. The van der Waals surface area contributed by atoms with Gasteiger partial charge in [-0.1, -0.05) is 11.6 Å². The number of rotatable bonds is 5. The highest BCUT2D eigenvalue weighted by Crippen LogP contribution is 2.23. The molecule has 2 N–H and O–H groups in total. The molecule has 0 aliphatic carbocycles. The van der Waals surface area contributed by atoms with Gasteiger partial charge >= 0.3 is 12.1 Å². The maximum Gasteiger partial charge on any atom is 0.412 e. The Morgan fingerprint density at radius 2 is 2.00 bits per heavy atom. The van der Waals surface area contributed by atoms with E-state index in [1.54, 1.807) is 39.0 Å². The Kier molecular flexibility index (Phi) is 6.20. The van der Waals surface area contributed by atoms with Gasteiger partial charge in [0.05, 0.1) is 0 Å². The molecule has 0 saturated carbocycles. The van der Waals surface area contributed by atoms with Crippen LogP contribution in [0.1, 0.15) is 26.3 Å². The second-order valence-electron chi connectivity index (χ2n) is 5.70. The normalized spacial score (nSPS) is 12.6. The Hall–Kier alpha value is -1.79. The third-order valence-electron chi connectivity index (χ3n) is 2.66. The number of hydrogen-bond acceptors (Lipinski definition) is 4. The van der Waals surface area contributed by atoms with E-state index >= 15 is 0 Å². The largest absolute Gasteiger partial charge is 0.479 e. The lowest BCUT2D eigenvalue weighted by atomic mass is 10.1. The number of carbonyl (C=O) groups is 2. The number of ether oxygens (including phenoxy) is 2. The number of hydrogen-bond donors (Lipinski definition) is 2. The van der Waals surface area contributed by atoms with Crippen molar-refractivity contribution >= 4 is 29.4 Å². The van der Waals surface area contributed by atoms with E-state index in [-0.39, 0.29) is 6.42 Å². The summed E-state index contributed by atoms with van der Waals surface area (Å²) in [5.41, 5.74) is 0.419. The Morgan fingerprint density at radius 1 is 1.36 bits per heavy atom. The number of carboxylic acids is 1. The molecule has 1 unspecified atom stereocenters. The predicted octanol–water partition coefficient (Wildman–Crippen LogP) is 3.33. The summed E-state index contributed by atoms with van der Waals surface area (Å²) >= 11 is 6.05. The smallest absolute Gasteiger partial charge is 0.412 e. The summed E-state index contributed by atoms with van der Waals surface area (Å²) in [5, 5.41) is 12.0. The molecule has 0 saturated heterocycles. The van der Waals surface area contributed by atoms with Gasteiger partial charge in [-0.15, -0.1) is 0 Å². The van der Waals surface area contributed by atoms with E-state index in [2.05, 4.69) is 5.32 Å². The highest BCUT2D eigenvalue weighted by molar-refractivity contribution is 6.31. The lowest BCUT2D eigenvalue weighted by molar-refractivity contribution is -0.148. The fourth-order valence-electron chi connectivity index (χ4n) is 1.70. The van der Waals surface area contributed by atoms with Gasteiger partial charge in [0.25, 0.3) is 0 Å². The van der Waals surface area contributed by atoms with Crippen molar-refractivity contribution in [3.05, 3.63) is 28.8 Å². The zero-order valence-electron chi connectivity index (χ0n) is 13.0. The summed E-state index contributed by atoms with van der Waals surface area (Å²) in [7, 11) is 1.31. The lowest BCUT2D eigenvalue weighted by Gasteiger charge is -2.20. The summed E-state index contributed by atoms with van der Waals surface area (Å²) < 4.78 is 10.0. The van der Waals surface area contributed by atoms with Crippen LogP contribution in [0.3, 0.4) is 0 Å². The van der Waals surface area contributed by atoms with Gasteiger partial charge in [0.1, 0.15) is 5.60 Å². The van der Waals surface area contributed by atoms with Gasteiger partial charge in [-0.3, -0.25) is 5.32 Å². The van der Waals surface area contributed by atoms with Crippen LogP contribution in [0.25, 0.3) is 0 Å². The molecule has 22 heavy (non-hydrogen) atoms. The maximum atomic E-state index is 11.7. The topological polar surface area (TPSA) is 84.9 Å². The monoisotopic (exact) mass is 329 g/mol. The molecule has 0 bridgehead atoms. The Balaban J connectivity index is 2.85. The van der Waals surface area contributed by atoms with Gasteiger partial charge in [-0.2, -0.15) is 0 Å². The molecule has 0 aliphatic heterocycles. The third kappa shape index (κ3) is 5.91. The number of benzene rings is 1. The molecule has 6 nitrogen and oxygen atoms in total. The highest BCUT2D eigenvalue weighted by atomic mass is 35.5. The number of halogens is 1. The number of nitrogens with one attached hydrogen (secondary N) is 1. The molecule has 0 spiro atoms. The molecule has 1 atom stereocenters. The molecule has 0 aliphatic rings. The van der Waals surface area contributed by atoms with Gasteiger partial charge < -0.3 is 14.6 Å². The van der Waals surface area contributed by atoms with Gasteiger partial charge in [-0.05, 0) is 44.5 Å². The molecule has 7 heteroatoms. The van der Waals surface area contributed by atoms with Crippen molar-refractivity contribution in [2.45, 2.75) is 38.9 Å². The maximum absolute atomic E-state index is 11.7. The van der Waals surface area contributed by atoms with Crippen molar-refractivity contribution in [3.63, 3.8) is 0 Å². The van der Waals surface area contributed by atoms with Gasteiger partial charge in [0.15, 0.2) is 6.10 Å². The van der Waals surface area contributed by atoms with Crippen LogP contribution in [-0.4, -0.2) is 36.0 Å². The first-order valence-corrected chi connectivity index (χ1v) is 7.04. The average molecular weight is 330 g/mol. The average Bonchev–Trinajstić information content (AvgIpc) is 2.36. The number of amides is 1. The van der Waals surface area contributed by atoms with Crippen LogP contribution in [0.15, 0.2) is 18.2 Å². The summed E-state index contributed by atoms with van der Waals surface area (Å²) in [4.78, 5) is 22.7. The van der Waals surface area contributed by atoms with E-state index in [0.717, 1.165) is 0 Å². The summed E-state index contributed by atoms with van der Waals surface area (Å²) in [6, 6.07) is 4.79. The fourth-order valence-corrected chi connectivity index (χ4v) is 1.90. The minimum absolute atomic E-state index is 0.0918. The van der Waals surface area contributed by atoms with E-state index in [4.69, 9.17) is 26.2 Å². The SMILES string of the molecule is COC(Cc1cc(NC(=O)OC(C)(C)C)ccc1Cl)C(=O)O. The van der Waals surface area contributed by atoms with Gasteiger partial charge in [0, 0.05) is 24.2 Å². The first-order chi connectivity index (χ1) is 10.1. The number of carbonyl (C=O) groups excluding carboxylic acids is 1. The minimum Gasteiger partial charge on any atom is -0.479 e. The zero-order chi connectivity index (χ0) is 16.9. The second-order valence-corrected chi connectivity index (χ2v) is 6.11. The summed E-state index contributed by atoms with van der Waals surface area (Å²) in [6.45, 7) is 5.28.